The van der Waals surface area contributed by atoms with Gasteiger partial charge in [-0.25, -0.2) is 0 Å². The molecule has 1 unspecified atom stereocenters. The zero-order valence-corrected chi connectivity index (χ0v) is 13.7. The summed E-state index contributed by atoms with van der Waals surface area (Å²) in [6.07, 6.45) is 2.75. The molecule has 1 aromatic carbocycles. The molecular formula is C16H24BrNO. The summed E-state index contributed by atoms with van der Waals surface area (Å²) < 4.78 is 5.29. The Labute approximate surface area is 125 Å². The summed E-state index contributed by atoms with van der Waals surface area (Å²) in [7, 11) is 1.78. The van der Waals surface area contributed by atoms with E-state index in [-0.39, 0.29) is 0 Å². The Morgan fingerprint density at radius 2 is 2.16 bits per heavy atom. The van der Waals surface area contributed by atoms with E-state index in [1.165, 1.54) is 29.7 Å². The highest BCUT2D eigenvalue weighted by Crippen LogP contribution is 2.38. The Morgan fingerprint density at radius 3 is 2.74 bits per heavy atom. The van der Waals surface area contributed by atoms with Crippen LogP contribution in [0, 0.1) is 12.8 Å². The van der Waals surface area contributed by atoms with Crippen LogP contribution < -0.4 is 4.90 Å². The molecule has 1 fully saturated rings. The predicted octanol–water partition coefficient (Wildman–Crippen LogP) is 4.14. The SMILES string of the molecule is COCCN(c1ccc(C)cc1CBr)C(C)C1CC1. The molecule has 1 atom stereocenters. The minimum Gasteiger partial charge on any atom is -0.383 e. The highest BCUT2D eigenvalue weighted by Gasteiger charge is 2.32. The molecule has 19 heavy (non-hydrogen) atoms. The maximum Gasteiger partial charge on any atom is 0.0637 e. The van der Waals surface area contributed by atoms with Crippen molar-refractivity contribution in [3.8, 4) is 0 Å². The molecule has 0 bridgehead atoms. The summed E-state index contributed by atoms with van der Waals surface area (Å²) in [4.78, 5) is 2.52. The molecule has 0 amide bonds. The first-order chi connectivity index (χ1) is 9.17. The number of aryl methyl sites for hydroxylation is 1. The molecule has 0 heterocycles. The Morgan fingerprint density at radius 1 is 1.42 bits per heavy atom. The fraction of sp³-hybridized carbons (Fsp3) is 0.625. The lowest BCUT2D eigenvalue weighted by atomic mass is 10.1. The van der Waals surface area contributed by atoms with Crippen molar-refractivity contribution in [2.75, 3.05) is 25.2 Å². The zero-order chi connectivity index (χ0) is 13.8. The first-order valence-corrected chi connectivity index (χ1v) is 8.20. The van der Waals surface area contributed by atoms with Gasteiger partial charge in [-0.1, -0.05) is 33.6 Å². The Kier molecular flexibility index (Phi) is 5.28. The average Bonchev–Trinajstić information content (AvgIpc) is 3.24. The molecule has 1 aliphatic rings. The molecule has 0 radical (unpaired) electrons. The molecule has 0 aliphatic heterocycles. The fourth-order valence-corrected chi connectivity index (χ4v) is 3.12. The fourth-order valence-electron chi connectivity index (χ4n) is 2.67. The Hall–Kier alpha value is -0.540. The van der Waals surface area contributed by atoms with Gasteiger partial charge in [0.1, 0.15) is 0 Å². The van der Waals surface area contributed by atoms with Crippen LogP contribution in [0.15, 0.2) is 18.2 Å². The number of hydrogen-bond donors (Lipinski definition) is 0. The van der Waals surface area contributed by atoms with Gasteiger partial charge in [0.25, 0.3) is 0 Å². The second-order valence-corrected chi connectivity index (χ2v) is 6.09. The number of halogens is 1. The van der Waals surface area contributed by atoms with Gasteiger partial charge in [-0.15, -0.1) is 0 Å². The normalized spacial score (nSPS) is 16.4. The molecule has 0 saturated heterocycles. The summed E-state index contributed by atoms with van der Waals surface area (Å²) in [6.45, 7) is 6.26. The van der Waals surface area contributed by atoms with E-state index < -0.39 is 0 Å². The predicted molar refractivity (Wildman–Crippen MR) is 85.2 cm³/mol. The van der Waals surface area contributed by atoms with E-state index in [4.69, 9.17) is 4.74 Å². The minimum atomic E-state index is 0.607. The number of hydrogen-bond acceptors (Lipinski definition) is 2. The Balaban J connectivity index is 2.25. The molecule has 0 spiro atoms. The average molecular weight is 326 g/mol. The Bertz CT molecular complexity index is 417. The minimum absolute atomic E-state index is 0.607. The number of alkyl halides is 1. The highest BCUT2D eigenvalue weighted by atomic mass is 79.9. The summed E-state index contributed by atoms with van der Waals surface area (Å²) in [6, 6.07) is 7.36. The van der Waals surface area contributed by atoms with Crippen LogP contribution in [-0.2, 0) is 10.1 Å². The molecule has 2 nitrogen and oxygen atoms in total. The van der Waals surface area contributed by atoms with Crippen LogP contribution in [0.3, 0.4) is 0 Å². The van der Waals surface area contributed by atoms with Gasteiger partial charge >= 0.3 is 0 Å². The lowest BCUT2D eigenvalue weighted by molar-refractivity contribution is 0.202. The summed E-state index contributed by atoms with van der Waals surface area (Å²) in [5.74, 6) is 0.862. The van der Waals surface area contributed by atoms with Crippen molar-refractivity contribution in [1.82, 2.24) is 0 Å². The lowest BCUT2D eigenvalue weighted by Crippen LogP contribution is -2.37. The molecule has 2 rings (SSSR count). The van der Waals surface area contributed by atoms with Gasteiger partial charge in [0.2, 0.25) is 0 Å². The standard InChI is InChI=1S/C16H24BrNO/c1-12-4-7-16(15(10-12)11-17)18(8-9-19-3)13(2)14-5-6-14/h4,7,10,13-14H,5-6,8-9,11H2,1-3H3. The third kappa shape index (κ3) is 3.73. The molecule has 1 aromatic rings. The second kappa shape index (κ2) is 6.76. The molecule has 106 valence electrons. The van der Waals surface area contributed by atoms with Crippen LogP contribution in [0.1, 0.15) is 30.9 Å². The number of nitrogens with zero attached hydrogens (tertiary/aromatic N) is 1. The van der Waals surface area contributed by atoms with Crippen molar-refractivity contribution in [3.63, 3.8) is 0 Å². The second-order valence-electron chi connectivity index (χ2n) is 5.53. The first-order valence-electron chi connectivity index (χ1n) is 7.08. The lowest BCUT2D eigenvalue weighted by Gasteiger charge is -2.33. The third-order valence-corrected chi connectivity index (χ3v) is 4.62. The van der Waals surface area contributed by atoms with E-state index >= 15 is 0 Å². The van der Waals surface area contributed by atoms with Crippen LogP contribution >= 0.6 is 15.9 Å². The monoisotopic (exact) mass is 325 g/mol. The smallest absolute Gasteiger partial charge is 0.0637 e. The van der Waals surface area contributed by atoms with E-state index in [0.29, 0.717) is 6.04 Å². The molecular weight excluding hydrogens is 302 g/mol. The maximum absolute atomic E-state index is 5.29. The number of methoxy groups -OCH3 is 1. The van der Waals surface area contributed by atoms with Gasteiger partial charge in [0.05, 0.1) is 6.61 Å². The van der Waals surface area contributed by atoms with Crippen LogP contribution in [-0.4, -0.2) is 26.3 Å². The van der Waals surface area contributed by atoms with Crippen molar-refractivity contribution in [2.24, 2.45) is 5.92 Å². The maximum atomic E-state index is 5.29. The van der Waals surface area contributed by atoms with E-state index in [2.05, 4.69) is 52.9 Å². The summed E-state index contributed by atoms with van der Waals surface area (Å²) >= 11 is 3.62. The van der Waals surface area contributed by atoms with E-state index in [1.807, 2.05) is 0 Å². The highest BCUT2D eigenvalue weighted by molar-refractivity contribution is 9.08. The van der Waals surface area contributed by atoms with E-state index in [0.717, 1.165) is 24.4 Å². The number of anilines is 1. The van der Waals surface area contributed by atoms with Crippen molar-refractivity contribution in [2.45, 2.75) is 38.1 Å². The van der Waals surface area contributed by atoms with Crippen LogP contribution in [0.25, 0.3) is 0 Å². The van der Waals surface area contributed by atoms with Crippen molar-refractivity contribution >= 4 is 21.6 Å². The number of ether oxygens (including phenoxy) is 1. The van der Waals surface area contributed by atoms with Crippen molar-refractivity contribution in [3.05, 3.63) is 29.3 Å². The molecule has 3 heteroatoms. The van der Waals surface area contributed by atoms with Gasteiger partial charge in [-0.2, -0.15) is 0 Å². The van der Waals surface area contributed by atoms with Gasteiger partial charge < -0.3 is 9.64 Å². The van der Waals surface area contributed by atoms with Crippen molar-refractivity contribution < 1.29 is 4.74 Å². The summed E-state index contributed by atoms with van der Waals surface area (Å²) in [5.41, 5.74) is 4.06. The molecule has 0 N–H and O–H groups in total. The topological polar surface area (TPSA) is 12.5 Å². The zero-order valence-electron chi connectivity index (χ0n) is 12.2. The molecule has 1 aliphatic carbocycles. The van der Waals surface area contributed by atoms with Crippen LogP contribution in [0.4, 0.5) is 5.69 Å². The number of benzene rings is 1. The quantitative estimate of drug-likeness (QED) is 0.698. The molecule has 0 aromatic heterocycles. The summed E-state index contributed by atoms with van der Waals surface area (Å²) in [5, 5.41) is 0.908. The van der Waals surface area contributed by atoms with E-state index in [9.17, 15) is 0 Å². The van der Waals surface area contributed by atoms with Gasteiger partial charge in [-0.3, -0.25) is 0 Å². The van der Waals surface area contributed by atoms with Crippen LogP contribution in [0.2, 0.25) is 0 Å². The molecule has 1 saturated carbocycles. The van der Waals surface area contributed by atoms with E-state index in [1.54, 1.807) is 7.11 Å². The van der Waals surface area contributed by atoms with Crippen LogP contribution in [0.5, 0.6) is 0 Å². The first kappa shape index (κ1) is 14.9. The van der Waals surface area contributed by atoms with Crippen molar-refractivity contribution in [1.29, 1.82) is 0 Å². The third-order valence-electron chi connectivity index (χ3n) is 4.02. The van der Waals surface area contributed by atoms with Gasteiger partial charge in [0, 0.05) is 30.7 Å². The largest absolute Gasteiger partial charge is 0.383 e. The van der Waals surface area contributed by atoms with Gasteiger partial charge in [0.15, 0.2) is 0 Å². The number of rotatable bonds is 7. The van der Waals surface area contributed by atoms with Gasteiger partial charge in [-0.05, 0) is 44.2 Å².